The molecule has 0 radical (unpaired) electrons. The number of rotatable bonds is 8. The van der Waals surface area contributed by atoms with Crippen LogP contribution in [0, 0.1) is 0 Å². The van der Waals surface area contributed by atoms with E-state index in [4.69, 9.17) is 4.74 Å². The molecule has 0 bridgehead atoms. The Bertz CT molecular complexity index is 624. The Morgan fingerprint density at radius 2 is 1.67 bits per heavy atom. The van der Waals surface area contributed by atoms with Gasteiger partial charge in [-0.25, -0.2) is 0 Å². The molecule has 0 saturated heterocycles. The molecule has 24 heavy (non-hydrogen) atoms. The van der Waals surface area contributed by atoms with E-state index in [1.807, 2.05) is 18.2 Å². The van der Waals surface area contributed by atoms with E-state index in [0.717, 1.165) is 18.6 Å². The number of methoxy groups -OCH3 is 1. The second-order valence-corrected chi connectivity index (χ2v) is 6.37. The summed E-state index contributed by atoms with van der Waals surface area (Å²) in [6, 6.07) is 17.7. The molecule has 0 aliphatic rings. The maximum Gasteiger partial charge on any atom is 0.176 e. The first kappa shape index (κ1) is 20.4. The van der Waals surface area contributed by atoms with E-state index in [1.165, 1.54) is 5.56 Å². The summed E-state index contributed by atoms with van der Waals surface area (Å²) in [4.78, 5) is 12.3. The molecule has 0 amide bonds. The van der Waals surface area contributed by atoms with E-state index >= 15 is 0 Å². The molecule has 0 heterocycles. The number of Topliss-reactive ketones (excluding diaryl/α,β-unsaturated/α-hetero) is 1. The molecule has 2 rings (SSSR count). The highest BCUT2D eigenvalue weighted by Crippen LogP contribution is 2.15. The van der Waals surface area contributed by atoms with Gasteiger partial charge >= 0.3 is 0 Å². The Morgan fingerprint density at radius 3 is 2.25 bits per heavy atom. The Balaban J connectivity index is 0.00000288. The molecule has 0 fully saturated rings. The molecule has 0 unspecified atom stereocenters. The number of hydrogen-bond acceptors (Lipinski definition) is 3. The van der Waals surface area contributed by atoms with Gasteiger partial charge in [-0.1, -0.05) is 30.3 Å². The summed E-state index contributed by atoms with van der Waals surface area (Å²) < 4.78 is 5.11. The fourth-order valence-electron chi connectivity index (χ4n) is 2.39. The lowest BCUT2D eigenvalue weighted by Gasteiger charge is -2.26. The average molecular weight is 392 g/mol. The van der Waals surface area contributed by atoms with Crippen LogP contribution < -0.4 is 10.1 Å². The van der Waals surface area contributed by atoms with Crippen molar-refractivity contribution in [2.75, 3.05) is 13.7 Å². The Morgan fingerprint density at radius 1 is 1.04 bits per heavy atom. The number of hydrogen-bond donors (Lipinski definition) is 1. The minimum Gasteiger partial charge on any atom is -0.497 e. The zero-order valence-electron chi connectivity index (χ0n) is 14.5. The maximum atomic E-state index is 12.3. The molecule has 4 heteroatoms. The highest BCUT2D eigenvalue weighted by molar-refractivity contribution is 8.93. The molecule has 130 valence electrons. The zero-order valence-corrected chi connectivity index (χ0v) is 16.3. The smallest absolute Gasteiger partial charge is 0.176 e. The lowest BCUT2D eigenvalue weighted by molar-refractivity contribution is 0.0979. The lowest BCUT2D eigenvalue weighted by Crippen LogP contribution is -2.42. The van der Waals surface area contributed by atoms with Crippen molar-refractivity contribution in [3.05, 3.63) is 65.7 Å². The van der Waals surface area contributed by atoms with Crippen LogP contribution in [0.3, 0.4) is 0 Å². The third-order valence-corrected chi connectivity index (χ3v) is 4.02. The minimum absolute atomic E-state index is 0. The van der Waals surface area contributed by atoms with Gasteiger partial charge in [0.1, 0.15) is 5.75 Å². The highest BCUT2D eigenvalue weighted by Gasteiger charge is 2.18. The predicted molar refractivity (Wildman–Crippen MR) is 104 cm³/mol. The molecular formula is C20H26BrNO2. The van der Waals surface area contributed by atoms with Gasteiger partial charge in [-0.15, -0.1) is 17.0 Å². The summed E-state index contributed by atoms with van der Waals surface area (Å²) in [5.74, 6) is 0.859. The van der Waals surface area contributed by atoms with Crippen molar-refractivity contribution in [1.29, 1.82) is 0 Å². The van der Waals surface area contributed by atoms with Gasteiger partial charge < -0.3 is 10.1 Å². The van der Waals surface area contributed by atoms with Crippen LogP contribution in [0.2, 0.25) is 0 Å². The molecule has 0 atom stereocenters. The van der Waals surface area contributed by atoms with Gasteiger partial charge in [-0.2, -0.15) is 0 Å². The van der Waals surface area contributed by atoms with Gasteiger partial charge in [-0.05, 0) is 56.5 Å². The summed E-state index contributed by atoms with van der Waals surface area (Å²) in [5.41, 5.74) is 1.94. The monoisotopic (exact) mass is 391 g/mol. The van der Waals surface area contributed by atoms with Gasteiger partial charge in [0.25, 0.3) is 0 Å². The predicted octanol–water partition coefficient (Wildman–Crippen LogP) is 4.46. The van der Waals surface area contributed by atoms with Crippen LogP contribution in [0.25, 0.3) is 0 Å². The number of aryl methyl sites for hydroxylation is 1. The summed E-state index contributed by atoms with van der Waals surface area (Å²) >= 11 is 0. The van der Waals surface area contributed by atoms with Crippen LogP contribution >= 0.6 is 17.0 Å². The van der Waals surface area contributed by atoms with Crippen molar-refractivity contribution in [2.45, 2.75) is 32.2 Å². The van der Waals surface area contributed by atoms with E-state index in [-0.39, 0.29) is 28.3 Å². The number of nitrogens with one attached hydrogen (secondary N) is 1. The first-order valence-electron chi connectivity index (χ1n) is 7.96. The van der Waals surface area contributed by atoms with E-state index in [1.54, 1.807) is 19.2 Å². The molecular weight excluding hydrogens is 366 g/mol. The summed E-state index contributed by atoms with van der Waals surface area (Å²) in [5, 5.41) is 3.38. The van der Waals surface area contributed by atoms with Crippen LogP contribution in [0.1, 0.15) is 36.2 Å². The molecule has 0 aliphatic heterocycles. The SMILES string of the molecule is Br.COc1ccc(C(=O)CNC(C)(C)CCc2ccccc2)cc1. The fourth-order valence-corrected chi connectivity index (χ4v) is 2.39. The number of ketones is 1. The number of carbonyl (C=O) groups excluding carboxylic acids is 1. The fraction of sp³-hybridized carbons (Fsp3) is 0.350. The van der Waals surface area contributed by atoms with E-state index in [9.17, 15) is 4.79 Å². The van der Waals surface area contributed by atoms with Crippen molar-refractivity contribution in [3.8, 4) is 5.75 Å². The molecule has 0 spiro atoms. The summed E-state index contributed by atoms with van der Waals surface area (Å²) in [6.45, 7) is 4.61. The van der Waals surface area contributed by atoms with Gasteiger partial charge in [0.2, 0.25) is 0 Å². The second-order valence-electron chi connectivity index (χ2n) is 6.37. The van der Waals surface area contributed by atoms with Crippen molar-refractivity contribution >= 4 is 22.8 Å². The van der Waals surface area contributed by atoms with Crippen molar-refractivity contribution in [2.24, 2.45) is 0 Å². The van der Waals surface area contributed by atoms with Gasteiger partial charge in [0, 0.05) is 11.1 Å². The van der Waals surface area contributed by atoms with Gasteiger partial charge in [0.15, 0.2) is 5.78 Å². The van der Waals surface area contributed by atoms with Crippen LogP contribution in [0.15, 0.2) is 54.6 Å². The number of carbonyl (C=O) groups is 1. The van der Waals surface area contributed by atoms with E-state index in [2.05, 4.69) is 43.4 Å². The van der Waals surface area contributed by atoms with Gasteiger partial charge in [0.05, 0.1) is 13.7 Å². The van der Waals surface area contributed by atoms with Crippen LogP contribution in [-0.4, -0.2) is 25.0 Å². The zero-order chi connectivity index (χ0) is 16.7. The number of ether oxygens (including phenoxy) is 1. The van der Waals surface area contributed by atoms with Crippen LogP contribution in [-0.2, 0) is 6.42 Å². The molecule has 0 saturated carbocycles. The minimum atomic E-state index is -0.0853. The molecule has 3 nitrogen and oxygen atoms in total. The Labute approximate surface area is 155 Å². The quantitative estimate of drug-likeness (QED) is 0.675. The Kier molecular flexibility index (Phi) is 8.16. The molecule has 1 N–H and O–H groups in total. The lowest BCUT2D eigenvalue weighted by atomic mass is 9.95. The third-order valence-electron chi connectivity index (χ3n) is 4.02. The maximum absolute atomic E-state index is 12.3. The molecule has 2 aromatic carbocycles. The largest absolute Gasteiger partial charge is 0.497 e. The van der Waals surface area contributed by atoms with Crippen molar-refractivity contribution in [1.82, 2.24) is 5.32 Å². The molecule has 0 aliphatic carbocycles. The average Bonchev–Trinajstić information content (AvgIpc) is 2.59. The standard InChI is InChI=1S/C20H25NO2.BrH/c1-20(2,14-13-16-7-5-4-6-8-16)21-15-19(22)17-9-11-18(23-3)12-10-17;/h4-12,21H,13-15H2,1-3H3;1H. The molecule has 2 aromatic rings. The topological polar surface area (TPSA) is 38.3 Å². The Hall–Kier alpha value is -1.65. The van der Waals surface area contributed by atoms with Crippen LogP contribution in [0.5, 0.6) is 5.75 Å². The van der Waals surface area contributed by atoms with Crippen molar-refractivity contribution < 1.29 is 9.53 Å². The number of halogens is 1. The third kappa shape index (κ3) is 6.46. The first-order chi connectivity index (χ1) is 11.0. The van der Waals surface area contributed by atoms with Crippen LogP contribution in [0.4, 0.5) is 0 Å². The summed E-state index contributed by atoms with van der Waals surface area (Å²) in [6.07, 6.45) is 1.98. The van der Waals surface area contributed by atoms with Gasteiger partial charge in [-0.3, -0.25) is 4.79 Å². The normalized spacial score (nSPS) is 10.8. The highest BCUT2D eigenvalue weighted by atomic mass is 79.9. The second kappa shape index (κ2) is 9.60. The first-order valence-corrected chi connectivity index (χ1v) is 7.96. The van der Waals surface area contributed by atoms with E-state index in [0.29, 0.717) is 12.1 Å². The van der Waals surface area contributed by atoms with E-state index < -0.39 is 0 Å². The molecule has 0 aromatic heterocycles. The summed E-state index contributed by atoms with van der Waals surface area (Å²) in [7, 11) is 1.62. The number of benzene rings is 2. The van der Waals surface area contributed by atoms with Crippen molar-refractivity contribution in [3.63, 3.8) is 0 Å².